The van der Waals surface area contributed by atoms with E-state index in [1.807, 2.05) is 13.0 Å². The standard InChI is InChI=1S/C12H13BrN2O2/c1-7-6-9(7)12(17)15-14-11(16)8-4-2-3-5-10(8)13/h2-5,7,9H,6H2,1H3,(H,14,16)(H,15,17)/t7-,9+/m0/s1. The summed E-state index contributed by atoms with van der Waals surface area (Å²) in [7, 11) is 0. The molecule has 2 N–H and O–H groups in total. The zero-order valence-corrected chi connectivity index (χ0v) is 11.0. The fraction of sp³-hybridized carbons (Fsp3) is 0.333. The summed E-state index contributed by atoms with van der Waals surface area (Å²) < 4.78 is 0.700. The predicted octanol–water partition coefficient (Wildman–Crippen LogP) is 1.87. The number of halogens is 1. The van der Waals surface area contributed by atoms with Crippen LogP contribution in [0.15, 0.2) is 28.7 Å². The highest BCUT2D eigenvalue weighted by Crippen LogP contribution is 2.37. The molecule has 1 aromatic carbocycles. The Morgan fingerprint density at radius 1 is 1.29 bits per heavy atom. The average molecular weight is 297 g/mol. The Kier molecular flexibility index (Phi) is 3.47. The molecule has 1 fully saturated rings. The minimum Gasteiger partial charge on any atom is -0.273 e. The van der Waals surface area contributed by atoms with Gasteiger partial charge in [0.15, 0.2) is 0 Å². The van der Waals surface area contributed by atoms with Crippen molar-refractivity contribution in [3.8, 4) is 0 Å². The first-order valence-electron chi connectivity index (χ1n) is 5.44. The molecular weight excluding hydrogens is 284 g/mol. The van der Waals surface area contributed by atoms with Gasteiger partial charge in [0, 0.05) is 10.4 Å². The van der Waals surface area contributed by atoms with Crippen LogP contribution < -0.4 is 10.9 Å². The molecule has 1 aliphatic carbocycles. The summed E-state index contributed by atoms with van der Waals surface area (Å²) in [4.78, 5) is 23.2. The van der Waals surface area contributed by atoms with Gasteiger partial charge in [-0.3, -0.25) is 20.4 Å². The van der Waals surface area contributed by atoms with Crippen molar-refractivity contribution in [1.82, 2.24) is 10.9 Å². The smallest absolute Gasteiger partial charge is 0.270 e. The predicted molar refractivity (Wildman–Crippen MR) is 67.0 cm³/mol. The van der Waals surface area contributed by atoms with Crippen LogP contribution in [0.4, 0.5) is 0 Å². The monoisotopic (exact) mass is 296 g/mol. The Morgan fingerprint density at radius 3 is 2.53 bits per heavy atom. The maximum atomic E-state index is 11.7. The Hall–Kier alpha value is -1.36. The highest BCUT2D eigenvalue weighted by atomic mass is 79.9. The molecule has 5 heteroatoms. The van der Waals surface area contributed by atoms with Crippen molar-refractivity contribution in [2.75, 3.05) is 0 Å². The lowest BCUT2D eigenvalue weighted by atomic mass is 10.2. The number of carbonyl (C=O) groups excluding carboxylic acids is 2. The van der Waals surface area contributed by atoms with Crippen molar-refractivity contribution in [2.24, 2.45) is 11.8 Å². The van der Waals surface area contributed by atoms with Gasteiger partial charge in [-0.05, 0) is 40.4 Å². The third-order valence-electron chi connectivity index (χ3n) is 2.86. The molecule has 0 aromatic heterocycles. The van der Waals surface area contributed by atoms with E-state index in [1.54, 1.807) is 18.2 Å². The van der Waals surface area contributed by atoms with Crippen molar-refractivity contribution in [3.63, 3.8) is 0 Å². The molecule has 2 rings (SSSR count). The summed E-state index contributed by atoms with van der Waals surface area (Å²) in [5, 5.41) is 0. The van der Waals surface area contributed by atoms with Gasteiger partial charge in [-0.2, -0.15) is 0 Å². The Morgan fingerprint density at radius 2 is 1.94 bits per heavy atom. The van der Waals surface area contributed by atoms with Gasteiger partial charge in [-0.15, -0.1) is 0 Å². The van der Waals surface area contributed by atoms with E-state index in [-0.39, 0.29) is 17.7 Å². The van der Waals surface area contributed by atoms with Gasteiger partial charge in [0.05, 0.1) is 5.56 Å². The maximum Gasteiger partial charge on any atom is 0.270 e. The highest BCUT2D eigenvalue weighted by molar-refractivity contribution is 9.10. The SMILES string of the molecule is C[C@H]1C[C@H]1C(=O)NNC(=O)c1ccccc1Br. The van der Waals surface area contributed by atoms with E-state index in [0.717, 1.165) is 6.42 Å². The molecule has 2 amide bonds. The number of nitrogens with one attached hydrogen (secondary N) is 2. The molecule has 1 saturated carbocycles. The third kappa shape index (κ3) is 2.85. The van der Waals surface area contributed by atoms with Gasteiger partial charge in [0.25, 0.3) is 5.91 Å². The van der Waals surface area contributed by atoms with Crippen LogP contribution in [0, 0.1) is 11.8 Å². The van der Waals surface area contributed by atoms with E-state index >= 15 is 0 Å². The van der Waals surface area contributed by atoms with Crippen molar-refractivity contribution < 1.29 is 9.59 Å². The van der Waals surface area contributed by atoms with Gasteiger partial charge in [0.1, 0.15) is 0 Å². The molecule has 4 nitrogen and oxygen atoms in total. The first kappa shape index (κ1) is 12.1. The first-order valence-corrected chi connectivity index (χ1v) is 6.23. The molecule has 0 heterocycles. The molecule has 0 bridgehead atoms. The number of hydrogen-bond acceptors (Lipinski definition) is 2. The van der Waals surface area contributed by atoms with Crippen LogP contribution >= 0.6 is 15.9 Å². The largest absolute Gasteiger partial charge is 0.273 e. The lowest BCUT2D eigenvalue weighted by Crippen LogP contribution is -2.42. The first-order chi connectivity index (χ1) is 8.09. The molecule has 0 spiro atoms. The summed E-state index contributed by atoms with van der Waals surface area (Å²) >= 11 is 3.28. The quantitative estimate of drug-likeness (QED) is 0.819. The second-order valence-electron chi connectivity index (χ2n) is 4.24. The van der Waals surface area contributed by atoms with Gasteiger partial charge < -0.3 is 0 Å². The van der Waals surface area contributed by atoms with E-state index in [2.05, 4.69) is 26.8 Å². The van der Waals surface area contributed by atoms with Crippen molar-refractivity contribution in [1.29, 1.82) is 0 Å². The molecule has 1 aromatic rings. The summed E-state index contributed by atoms with van der Waals surface area (Å²) in [6, 6.07) is 7.06. The summed E-state index contributed by atoms with van der Waals surface area (Å²) in [6.45, 7) is 2.01. The summed E-state index contributed by atoms with van der Waals surface area (Å²) in [5.41, 5.74) is 5.35. The van der Waals surface area contributed by atoms with Crippen LogP contribution in [0.2, 0.25) is 0 Å². The van der Waals surface area contributed by atoms with Gasteiger partial charge >= 0.3 is 0 Å². The average Bonchev–Trinajstić information content (AvgIpc) is 3.03. The second kappa shape index (κ2) is 4.87. The summed E-state index contributed by atoms with van der Waals surface area (Å²) in [6.07, 6.45) is 0.900. The lowest BCUT2D eigenvalue weighted by Gasteiger charge is -2.07. The number of benzene rings is 1. The number of hydrogen-bond donors (Lipinski definition) is 2. The number of rotatable bonds is 2. The van der Waals surface area contributed by atoms with E-state index in [0.29, 0.717) is 16.0 Å². The molecule has 0 saturated heterocycles. The van der Waals surface area contributed by atoms with Crippen molar-refractivity contribution >= 4 is 27.7 Å². The van der Waals surface area contributed by atoms with E-state index < -0.39 is 0 Å². The Bertz CT molecular complexity index is 462. The molecular formula is C12H13BrN2O2. The molecule has 2 atom stereocenters. The van der Waals surface area contributed by atoms with Crippen molar-refractivity contribution in [2.45, 2.75) is 13.3 Å². The zero-order chi connectivity index (χ0) is 12.4. The van der Waals surface area contributed by atoms with Gasteiger partial charge in [-0.25, -0.2) is 0 Å². The van der Waals surface area contributed by atoms with E-state index in [4.69, 9.17) is 0 Å². The fourth-order valence-electron chi connectivity index (χ4n) is 1.61. The topological polar surface area (TPSA) is 58.2 Å². The van der Waals surface area contributed by atoms with Gasteiger partial charge in [0.2, 0.25) is 5.91 Å². The molecule has 90 valence electrons. The van der Waals surface area contributed by atoms with E-state index in [1.165, 1.54) is 0 Å². The van der Waals surface area contributed by atoms with E-state index in [9.17, 15) is 9.59 Å². The van der Waals surface area contributed by atoms with Crippen LogP contribution in [-0.4, -0.2) is 11.8 Å². The summed E-state index contributed by atoms with van der Waals surface area (Å²) in [5.74, 6) is 0.0434. The molecule has 0 aliphatic heterocycles. The Labute approximate surface area is 108 Å². The van der Waals surface area contributed by atoms with Crippen LogP contribution in [-0.2, 0) is 4.79 Å². The minimum absolute atomic E-state index is 0.0505. The zero-order valence-electron chi connectivity index (χ0n) is 9.37. The number of carbonyl (C=O) groups is 2. The van der Waals surface area contributed by atoms with Crippen LogP contribution in [0.1, 0.15) is 23.7 Å². The molecule has 0 unspecified atom stereocenters. The number of amides is 2. The van der Waals surface area contributed by atoms with Crippen LogP contribution in [0.3, 0.4) is 0 Å². The second-order valence-corrected chi connectivity index (χ2v) is 5.10. The Balaban J connectivity index is 1.89. The molecule has 0 radical (unpaired) electrons. The molecule has 1 aliphatic rings. The number of hydrazine groups is 1. The third-order valence-corrected chi connectivity index (χ3v) is 3.56. The highest BCUT2D eigenvalue weighted by Gasteiger charge is 2.39. The van der Waals surface area contributed by atoms with Crippen LogP contribution in [0.5, 0.6) is 0 Å². The molecule has 17 heavy (non-hydrogen) atoms. The van der Waals surface area contributed by atoms with Gasteiger partial charge in [-0.1, -0.05) is 19.1 Å². The maximum absolute atomic E-state index is 11.7. The van der Waals surface area contributed by atoms with Crippen molar-refractivity contribution in [3.05, 3.63) is 34.3 Å². The van der Waals surface area contributed by atoms with Crippen LogP contribution in [0.25, 0.3) is 0 Å². The minimum atomic E-state index is -0.320. The lowest BCUT2D eigenvalue weighted by molar-refractivity contribution is -0.123. The fourth-order valence-corrected chi connectivity index (χ4v) is 2.08. The normalized spacial score (nSPS) is 21.8.